The number of nitrogens with two attached hydrogens (primary N) is 1. The fourth-order valence-corrected chi connectivity index (χ4v) is 4.86. The van der Waals surface area contributed by atoms with Gasteiger partial charge in [0.1, 0.15) is 0 Å². The van der Waals surface area contributed by atoms with Gasteiger partial charge in [0.2, 0.25) is 11.0 Å². The van der Waals surface area contributed by atoms with Crippen LogP contribution in [0.5, 0.6) is 0 Å². The zero-order valence-corrected chi connectivity index (χ0v) is 16.0. The van der Waals surface area contributed by atoms with E-state index in [0.29, 0.717) is 34.2 Å². The first-order chi connectivity index (χ1) is 12.1. The van der Waals surface area contributed by atoms with Crippen LogP contribution in [0.15, 0.2) is 21.9 Å². The number of amides is 2. The van der Waals surface area contributed by atoms with E-state index in [1.165, 1.54) is 34.4 Å². The molecular formula is C15H19N5O2S3. The van der Waals surface area contributed by atoms with Gasteiger partial charge in [0.25, 0.3) is 5.91 Å². The maximum absolute atomic E-state index is 12.4. The first-order valence-electron chi connectivity index (χ1n) is 7.93. The Bertz CT molecular complexity index is 719. The maximum atomic E-state index is 12.4. The maximum Gasteiger partial charge on any atom is 0.261 e. The molecule has 1 atom stereocenters. The van der Waals surface area contributed by atoms with Crippen LogP contribution in [0, 0.1) is 5.92 Å². The standard InChI is InChI=1S/C15H19N5O2S3/c16-14-18-19-15(25-14)24-9-12(21)20-5-1-3-10(8-20)7-17-13(22)11-4-2-6-23-11/h2,4,6,10H,1,3,5,7-9H2,(H2,16,18)(H,17,22). The van der Waals surface area contributed by atoms with E-state index in [2.05, 4.69) is 15.5 Å². The molecule has 3 rings (SSSR count). The van der Waals surface area contributed by atoms with Crippen molar-refractivity contribution < 1.29 is 9.59 Å². The number of likely N-dealkylation sites (tertiary alicyclic amines) is 1. The highest BCUT2D eigenvalue weighted by Gasteiger charge is 2.24. The summed E-state index contributed by atoms with van der Waals surface area (Å²) in [6, 6.07) is 3.68. The zero-order chi connectivity index (χ0) is 17.6. The van der Waals surface area contributed by atoms with E-state index in [4.69, 9.17) is 5.73 Å². The molecule has 3 heterocycles. The molecule has 1 saturated heterocycles. The van der Waals surface area contributed by atoms with Crippen LogP contribution in [-0.4, -0.2) is 52.3 Å². The molecular weight excluding hydrogens is 378 g/mol. The molecule has 1 aliphatic rings. The van der Waals surface area contributed by atoms with Gasteiger partial charge in [-0.1, -0.05) is 29.2 Å². The van der Waals surface area contributed by atoms with Crippen LogP contribution >= 0.6 is 34.4 Å². The fraction of sp³-hybridized carbons (Fsp3) is 0.467. The van der Waals surface area contributed by atoms with E-state index in [9.17, 15) is 9.59 Å². The quantitative estimate of drug-likeness (QED) is 0.723. The highest BCUT2D eigenvalue weighted by molar-refractivity contribution is 8.01. The van der Waals surface area contributed by atoms with Crippen molar-refractivity contribution in [3.63, 3.8) is 0 Å². The van der Waals surface area contributed by atoms with Crippen LogP contribution < -0.4 is 11.1 Å². The van der Waals surface area contributed by atoms with Crippen molar-refractivity contribution in [2.75, 3.05) is 31.1 Å². The molecule has 0 radical (unpaired) electrons. The van der Waals surface area contributed by atoms with Gasteiger partial charge in [-0.15, -0.1) is 21.5 Å². The van der Waals surface area contributed by atoms with Crippen molar-refractivity contribution in [2.45, 2.75) is 17.2 Å². The van der Waals surface area contributed by atoms with Gasteiger partial charge in [0.15, 0.2) is 4.34 Å². The summed E-state index contributed by atoms with van der Waals surface area (Å²) in [5.74, 6) is 0.683. The highest BCUT2D eigenvalue weighted by atomic mass is 32.2. The summed E-state index contributed by atoms with van der Waals surface area (Å²) in [4.78, 5) is 27.0. The molecule has 25 heavy (non-hydrogen) atoms. The molecule has 3 N–H and O–H groups in total. The summed E-state index contributed by atoms with van der Waals surface area (Å²) in [6.45, 7) is 2.05. The Morgan fingerprint density at radius 1 is 1.44 bits per heavy atom. The van der Waals surface area contributed by atoms with Crippen LogP contribution in [0.25, 0.3) is 0 Å². The molecule has 0 bridgehead atoms. The number of anilines is 1. The highest BCUT2D eigenvalue weighted by Crippen LogP contribution is 2.24. The van der Waals surface area contributed by atoms with Gasteiger partial charge in [-0.2, -0.15) is 0 Å². The number of thiophene rings is 1. The Morgan fingerprint density at radius 2 is 2.32 bits per heavy atom. The van der Waals surface area contributed by atoms with E-state index < -0.39 is 0 Å². The van der Waals surface area contributed by atoms with Crippen molar-refractivity contribution in [1.82, 2.24) is 20.4 Å². The first-order valence-corrected chi connectivity index (χ1v) is 10.6. The zero-order valence-electron chi connectivity index (χ0n) is 13.5. The number of hydrogen-bond donors (Lipinski definition) is 2. The van der Waals surface area contributed by atoms with E-state index in [1.54, 1.807) is 0 Å². The third-order valence-corrected chi connectivity index (χ3v) is 6.65. The Kier molecular flexibility index (Phi) is 6.27. The van der Waals surface area contributed by atoms with Crippen LogP contribution in [0.2, 0.25) is 0 Å². The van der Waals surface area contributed by atoms with Crippen LogP contribution in [0.3, 0.4) is 0 Å². The SMILES string of the molecule is Nc1nnc(SCC(=O)N2CCCC(CNC(=O)c3cccs3)C2)s1. The minimum atomic E-state index is -0.0390. The lowest BCUT2D eigenvalue weighted by molar-refractivity contribution is -0.130. The molecule has 2 aromatic rings. The van der Waals surface area contributed by atoms with Crippen molar-refractivity contribution in [3.8, 4) is 0 Å². The number of carbonyl (C=O) groups excluding carboxylic acids is 2. The fourth-order valence-electron chi connectivity index (χ4n) is 2.68. The van der Waals surface area contributed by atoms with Gasteiger partial charge in [0.05, 0.1) is 10.6 Å². The first kappa shape index (κ1) is 18.2. The van der Waals surface area contributed by atoms with E-state index in [-0.39, 0.29) is 11.8 Å². The number of piperidine rings is 1. The van der Waals surface area contributed by atoms with Crippen molar-refractivity contribution in [3.05, 3.63) is 22.4 Å². The second-order valence-electron chi connectivity index (χ2n) is 5.73. The van der Waals surface area contributed by atoms with Gasteiger partial charge in [-0.05, 0) is 30.2 Å². The second-order valence-corrected chi connectivity index (χ2v) is 8.91. The number of nitrogens with zero attached hydrogens (tertiary/aromatic N) is 3. The molecule has 2 amide bonds. The number of aromatic nitrogens is 2. The van der Waals surface area contributed by atoms with Gasteiger partial charge >= 0.3 is 0 Å². The van der Waals surface area contributed by atoms with Crippen molar-refractivity contribution >= 4 is 51.4 Å². The third kappa shape index (κ3) is 5.16. The number of rotatable bonds is 6. The average Bonchev–Trinajstić information content (AvgIpc) is 3.29. The summed E-state index contributed by atoms with van der Waals surface area (Å²) in [5, 5.41) is 12.9. The number of hydrogen-bond acceptors (Lipinski definition) is 8. The van der Waals surface area contributed by atoms with Gasteiger partial charge < -0.3 is 16.0 Å². The molecule has 10 heteroatoms. The average molecular weight is 398 g/mol. The molecule has 0 aromatic carbocycles. The predicted octanol–water partition coefficient (Wildman–Crippen LogP) is 1.94. The number of thioether (sulfide) groups is 1. The molecule has 2 aromatic heterocycles. The largest absolute Gasteiger partial charge is 0.374 e. The van der Waals surface area contributed by atoms with E-state index >= 15 is 0 Å². The Hall–Kier alpha value is -1.65. The summed E-state index contributed by atoms with van der Waals surface area (Å²) >= 11 is 4.09. The summed E-state index contributed by atoms with van der Waals surface area (Å²) in [7, 11) is 0. The summed E-state index contributed by atoms with van der Waals surface area (Å²) in [5.41, 5.74) is 5.54. The van der Waals surface area contributed by atoms with Gasteiger partial charge in [0, 0.05) is 19.6 Å². The number of carbonyl (C=O) groups is 2. The lowest BCUT2D eigenvalue weighted by Gasteiger charge is -2.32. The predicted molar refractivity (Wildman–Crippen MR) is 101 cm³/mol. The minimum absolute atomic E-state index is 0.0390. The second kappa shape index (κ2) is 8.63. The van der Waals surface area contributed by atoms with Crippen molar-refractivity contribution in [1.29, 1.82) is 0 Å². The molecule has 7 nitrogen and oxygen atoms in total. The monoisotopic (exact) mass is 397 g/mol. The van der Waals surface area contributed by atoms with E-state index in [0.717, 1.165) is 24.3 Å². The lowest BCUT2D eigenvalue weighted by Crippen LogP contribution is -2.44. The molecule has 0 spiro atoms. The molecule has 0 saturated carbocycles. The van der Waals surface area contributed by atoms with E-state index in [1.807, 2.05) is 22.4 Å². The summed E-state index contributed by atoms with van der Waals surface area (Å²) in [6.07, 6.45) is 1.98. The molecule has 134 valence electrons. The Balaban J connectivity index is 1.43. The number of nitrogen functional groups attached to an aromatic ring is 1. The van der Waals surface area contributed by atoms with Crippen LogP contribution in [0.4, 0.5) is 5.13 Å². The number of nitrogens with one attached hydrogen (secondary N) is 1. The lowest BCUT2D eigenvalue weighted by atomic mass is 9.98. The van der Waals surface area contributed by atoms with Crippen LogP contribution in [-0.2, 0) is 4.79 Å². The normalized spacial score (nSPS) is 17.4. The molecule has 0 aliphatic carbocycles. The third-order valence-electron chi connectivity index (χ3n) is 3.91. The minimum Gasteiger partial charge on any atom is -0.374 e. The smallest absolute Gasteiger partial charge is 0.261 e. The van der Waals surface area contributed by atoms with Crippen molar-refractivity contribution in [2.24, 2.45) is 5.92 Å². The topological polar surface area (TPSA) is 101 Å². The molecule has 1 aliphatic heterocycles. The van der Waals surface area contributed by atoms with Crippen LogP contribution in [0.1, 0.15) is 22.5 Å². The molecule has 1 fully saturated rings. The Labute approximate surface area is 158 Å². The van der Waals surface area contributed by atoms with Gasteiger partial charge in [-0.3, -0.25) is 9.59 Å². The van der Waals surface area contributed by atoms with Gasteiger partial charge in [-0.25, -0.2) is 0 Å². The molecule has 1 unspecified atom stereocenters. The summed E-state index contributed by atoms with van der Waals surface area (Å²) < 4.78 is 0.711. The Morgan fingerprint density at radius 3 is 3.04 bits per heavy atom.